The number of ether oxygens (including phenoxy) is 4. The molecule has 29 heavy (non-hydrogen) atoms. The molecule has 1 aromatic heterocycles. The lowest BCUT2D eigenvalue weighted by Crippen LogP contribution is -2.37. The van der Waals surface area contributed by atoms with Gasteiger partial charge in [-0.15, -0.1) is 0 Å². The minimum absolute atomic E-state index is 0.206. The van der Waals surface area contributed by atoms with E-state index in [9.17, 15) is 15.0 Å². The average molecular weight is 406 g/mol. The standard InChI is InChI=1S/C18H22N4O7/c1-26-15-12(8-23)29-17(14(15)24)22-7-11-16(21-18(22)25)20-13-9(27-6-5-19)3-2-4-10(13)28-11/h2-4,7,12,14-15,17,23-24H,5-6,8,19H2,1H3,(H,20,21,25)/t12-,14?,15?,17-/m1/s1. The van der Waals surface area contributed by atoms with E-state index in [1.165, 1.54) is 13.3 Å². The van der Waals surface area contributed by atoms with Crippen LogP contribution in [-0.4, -0.2) is 64.9 Å². The molecule has 3 heterocycles. The van der Waals surface area contributed by atoms with Crippen LogP contribution >= 0.6 is 0 Å². The van der Waals surface area contributed by atoms with Gasteiger partial charge in [0.1, 0.15) is 36.4 Å². The molecule has 2 unspecified atom stereocenters. The SMILES string of the molecule is COC1C(O)[C@H](n2cc3c(nc2=O)Nc2c(OCCN)cccc2O3)O[C@@H]1CO. The minimum atomic E-state index is -1.17. The molecule has 0 bridgehead atoms. The van der Waals surface area contributed by atoms with Crippen molar-refractivity contribution in [1.29, 1.82) is 0 Å². The first kappa shape index (κ1) is 19.6. The molecule has 4 atom stereocenters. The highest BCUT2D eigenvalue weighted by Crippen LogP contribution is 2.45. The van der Waals surface area contributed by atoms with Crippen LogP contribution in [0.4, 0.5) is 11.5 Å². The molecule has 5 N–H and O–H groups in total. The van der Waals surface area contributed by atoms with Crippen molar-refractivity contribution in [1.82, 2.24) is 9.55 Å². The van der Waals surface area contributed by atoms with Crippen molar-refractivity contribution in [2.45, 2.75) is 24.5 Å². The summed E-state index contributed by atoms with van der Waals surface area (Å²) in [7, 11) is 1.39. The lowest BCUT2D eigenvalue weighted by Gasteiger charge is -2.25. The van der Waals surface area contributed by atoms with E-state index in [-0.39, 0.29) is 18.2 Å². The minimum Gasteiger partial charge on any atom is -0.490 e. The summed E-state index contributed by atoms with van der Waals surface area (Å²) in [4.78, 5) is 16.6. The van der Waals surface area contributed by atoms with Crippen molar-refractivity contribution in [2.24, 2.45) is 5.73 Å². The number of aliphatic hydroxyl groups excluding tert-OH is 2. The van der Waals surface area contributed by atoms with E-state index >= 15 is 0 Å². The fourth-order valence-corrected chi connectivity index (χ4v) is 3.43. The molecule has 11 heteroatoms. The number of nitrogens with two attached hydrogens (primary N) is 1. The zero-order valence-corrected chi connectivity index (χ0v) is 15.6. The van der Waals surface area contributed by atoms with Crippen LogP contribution < -0.4 is 26.2 Å². The van der Waals surface area contributed by atoms with E-state index in [1.54, 1.807) is 18.2 Å². The number of para-hydroxylation sites is 1. The normalized spacial score (nSPS) is 25.0. The van der Waals surface area contributed by atoms with Gasteiger partial charge in [0.2, 0.25) is 0 Å². The summed E-state index contributed by atoms with van der Waals surface area (Å²) in [5.41, 5.74) is 5.36. The van der Waals surface area contributed by atoms with Gasteiger partial charge in [0.25, 0.3) is 0 Å². The lowest BCUT2D eigenvalue weighted by molar-refractivity contribution is -0.0570. The number of nitrogens with one attached hydrogen (secondary N) is 1. The molecule has 156 valence electrons. The molecule has 1 fully saturated rings. The van der Waals surface area contributed by atoms with Gasteiger partial charge in [0.05, 0.1) is 12.8 Å². The third-order valence-electron chi connectivity index (χ3n) is 4.78. The summed E-state index contributed by atoms with van der Waals surface area (Å²) < 4.78 is 23.4. The van der Waals surface area contributed by atoms with Gasteiger partial charge in [-0.25, -0.2) is 4.79 Å². The molecule has 0 aliphatic carbocycles. The van der Waals surface area contributed by atoms with Gasteiger partial charge in [-0.3, -0.25) is 4.57 Å². The Labute approximate surface area is 165 Å². The second-order valence-electron chi connectivity index (χ2n) is 6.58. The van der Waals surface area contributed by atoms with Gasteiger partial charge in [0.15, 0.2) is 23.5 Å². The monoisotopic (exact) mass is 406 g/mol. The van der Waals surface area contributed by atoms with E-state index < -0.39 is 30.2 Å². The number of aromatic nitrogens is 2. The van der Waals surface area contributed by atoms with Crippen LogP contribution in [0.15, 0.2) is 29.2 Å². The zero-order valence-electron chi connectivity index (χ0n) is 15.6. The number of benzene rings is 1. The first-order chi connectivity index (χ1) is 14.1. The number of hydrogen-bond donors (Lipinski definition) is 4. The molecule has 2 aliphatic heterocycles. The van der Waals surface area contributed by atoms with Crippen molar-refractivity contribution in [3.63, 3.8) is 0 Å². The Hall–Kier alpha value is -2.70. The summed E-state index contributed by atoms with van der Waals surface area (Å²) in [6.07, 6.45) is -2.41. The van der Waals surface area contributed by atoms with Crippen LogP contribution in [-0.2, 0) is 9.47 Å². The molecular weight excluding hydrogens is 384 g/mol. The molecule has 0 amide bonds. The maximum absolute atomic E-state index is 12.6. The van der Waals surface area contributed by atoms with Gasteiger partial charge in [-0.1, -0.05) is 6.07 Å². The molecule has 0 saturated carbocycles. The van der Waals surface area contributed by atoms with Crippen molar-refractivity contribution in [3.05, 3.63) is 34.9 Å². The summed E-state index contributed by atoms with van der Waals surface area (Å²) in [5, 5.41) is 23.0. The fourth-order valence-electron chi connectivity index (χ4n) is 3.43. The van der Waals surface area contributed by atoms with Crippen LogP contribution in [0.25, 0.3) is 0 Å². The van der Waals surface area contributed by atoms with Gasteiger partial charge < -0.3 is 40.2 Å². The Morgan fingerprint density at radius 2 is 2.21 bits per heavy atom. The Kier molecular flexibility index (Phi) is 5.39. The lowest BCUT2D eigenvalue weighted by atomic mass is 10.1. The molecule has 11 nitrogen and oxygen atoms in total. The van der Waals surface area contributed by atoms with Crippen LogP contribution in [0.5, 0.6) is 17.2 Å². The first-order valence-corrected chi connectivity index (χ1v) is 9.08. The predicted octanol–water partition coefficient (Wildman–Crippen LogP) is -0.304. The largest absolute Gasteiger partial charge is 0.490 e. The van der Waals surface area contributed by atoms with Crippen LogP contribution in [0.2, 0.25) is 0 Å². The molecule has 2 aliphatic rings. The highest BCUT2D eigenvalue weighted by molar-refractivity contribution is 5.77. The predicted molar refractivity (Wildman–Crippen MR) is 101 cm³/mol. The van der Waals surface area contributed by atoms with Gasteiger partial charge >= 0.3 is 5.69 Å². The van der Waals surface area contributed by atoms with E-state index in [1.807, 2.05) is 0 Å². The van der Waals surface area contributed by atoms with E-state index in [0.717, 1.165) is 4.57 Å². The number of hydrogen-bond acceptors (Lipinski definition) is 10. The first-order valence-electron chi connectivity index (χ1n) is 9.08. The van der Waals surface area contributed by atoms with Gasteiger partial charge in [-0.2, -0.15) is 4.98 Å². The smallest absolute Gasteiger partial charge is 0.351 e. The number of aliphatic hydroxyl groups is 2. The van der Waals surface area contributed by atoms with Crippen LogP contribution in [0.1, 0.15) is 6.23 Å². The number of rotatable bonds is 6. The van der Waals surface area contributed by atoms with Crippen LogP contribution in [0.3, 0.4) is 0 Å². The van der Waals surface area contributed by atoms with Gasteiger partial charge in [0, 0.05) is 13.7 Å². The van der Waals surface area contributed by atoms with Crippen molar-refractivity contribution >= 4 is 11.5 Å². The van der Waals surface area contributed by atoms with Crippen molar-refractivity contribution in [2.75, 3.05) is 32.2 Å². The molecule has 1 aromatic carbocycles. The quantitative estimate of drug-likeness (QED) is 0.429. The van der Waals surface area contributed by atoms with E-state index in [0.29, 0.717) is 30.3 Å². The molecule has 0 spiro atoms. The molecule has 1 saturated heterocycles. The van der Waals surface area contributed by atoms with Crippen molar-refractivity contribution < 1.29 is 29.2 Å². The topological polar surface area (TPSA) is 150 Å². The fraction of sp³-hybridized carbons (Fsp3) is 0.444. The molecule has 0 radical (unpaired) electrons. The molecule has 2 aromatic rings. The average Bonchev–Trinajstić information content (AvgIpc) is 3.05. The number of methoxy groups -OCH3 is 1. The zero-order chi connectivity index (χ0) is 20.5. The second-order valence-corrected chi connectivity index (χ2v) is 6.58. The maximum atomic E-state index is 12.6. The molecular formula is C18H22N4O7. The Balaban J connectivity index is 1.66. The van der Waals surface area contributed by atoms with Crippen molar-refractivity contribution in [3.8, 4) is 17.2 Å². The number of anilines is 2. The number of nitrogens with zero attached hydrogens (tertiary/aromatic N) is 2. The second kappa shape index (κ2) is 7.97. The van der Waals surface area contributed by atoms with E-state index in [2.05, 4.69) is 10.3 Å². The Morgan fingerprint density at radius 3 is 2.90 bits per heavy atom. The summed E-state index contributed by atoms with van der Waals surface area (Å²) in [6.45, 7) is 0.310. The number of fused-ring (bicyclic) bond motifs is 2. The summed E-state index contributed by atoms with van der Waals surface area (Å²) in [5.74, 6) is 1.48. The Bertz CT molecular complexity index is 950. The van der Waals surface area contributed by atoms with Crippen LogP contribution in [0, 0.1) is 0 Å². The summed E-state index contributed by atoms with van der Waals surface area (Å²) >= 11 is 0. The Morgan fingerprint density at radius 1 is 1.38 bits per heavy atom. The summed E-state index contributed by atoms with van der Waals surface area (Å²) in [6, 6.07) is 5.25. The highest BCUT2D eigenvalue weighted by Gasteiger charge is 2.45. The molecule has 4 rings (SSSR count). The maximum Gasteiger partial charge on any atom is 0.351 e. The third-order valence-corrected chi connectivity index (χ3v) is 4.78. The van der Waals surface area contributed by atoms with Gasteiger partial charge in [-0.05, 0) is 12.1 Å². The third kappa shape index (κ3) is 3.43. The van der Waals surface area contributed by atoms with E-state index in [4.69, 9.17) is 24.7 Å². The highest BCUT2D eigenvalue weighted by atomic mass is 16.6.